The third-order valence-electron chi connectivity index (χ3n) is 5.73. The van der Waals surface area contributed by atoms with Gasteiger partial charge >= 0.3 is 6.03 Å². The molecule has 2 atom stereocenters. The minimum atomic E-state index is -0.506. The zero-order valence-corrected chi connectivity index (χ0v) is 17.1. The van der Waals surface area contributed by atoms with Gasteiger partial charge in [-0.05, 0) is 25.3 Å². The summed E-state index contributed by atoms with van der Waals surface area (Å²) >= 11 is 0. The summed E-state index contributed by atoms with van der Waals surface area (Å²) in [6.07, 6.45) is -0.486. The number of rotatable bonds is 4. The van der Waals surface area contributed by atoms with Crippen LogP contribution in [0.3, 0.4) is 0 Å². The average molecular weight is 381 g/mol. The summed E-state index contributed by atoms with van der Waals surface area (Å²) in [4.78, 5) is 38.3. The van der Waals surface area contributed by atoms with Crippen LogP contribution in [0.5, 0.6) is 0 Å². The Morgan fingerprint density at radius 1 is 1.04 bits per heavy atom. The number of imide groups is 1. The Kier molecular flexibility index (Phi) is 4.40. The van der Waals surface area contributed by atoms with E-state index in [0.29, 0.717) is 5.92 Å². The molecule has 7 heteroatoms. The van der Waals surface area contributed by atoms with E-state index in [-0.39, 0.29) is 18.5 Å². The minimum Gasteiger partial charge on any atom is -0.314 e. The number of likely N-dealkylation sites (N-methyl/N-ethyl adjacent to an activating group) is 1. The van der Waals surface area contributed by atoms with Crippen LogP contribution in [0.2, 0.25) is 0 Å². The largest absolute Gasteiger partial charge is 0.328 e. The molecule has 0 radical (unpaired) electrons. The summed E-state index contributed by atoms with van der Waals surface area (Å²) in [5.74, 6) is 1.06. The van der Waals surface area contributed by atoms with Crippen LogP contribution < -0.4 is 0 Å². The summed E-state index contributed by atoms with van der Waals surface area (Å²) in [6.45, 7) is 9.52. The second-order valence-corrected chi connectivity index (χ2v) is 8.14. The molecule has 3 amide bonds. The first kappa shape index (κ1) is 18.5. The number of hydrogen-bond donors (Lipinski definition) is 0. The molecule has 0 N–H and O–H groups in total. The molecule has 4 rings (SSSR count). The smallest absolute Gasteiger partial charge is 0.314 e. The topological polar surface area (TPSA) is 59.5 Å². The van der Waals surface area contributed by atoms with Gasteiger partial charge in [0.05, 0.1) is 6.54 Å². The Bertz CT molecular complexity index is 876. The maximum Gasteiger partial charge on any atom is 0.328 e. The highest BCUT2D eigenvalue weighted by Crippen LogP contribution is 2.38. The molecular formula is C21H27N5O2. The highest BCUT2D eigenvalue weighted by atomic mass is 16.2. The lowest BCUT2D eigenvalue weighted by Gasteiger charge is -2.40. The molecule has 3 aliphatic rings. The third-order valence-corrected chi connectivity index (χ3v) is 5.73. The fourth-order valence-corrected chi connectivity index (χ4v) is 4.18. The number of amides is 3. The van der Waals surface area contributed by atoms with E-state index in [9.17, 15) is 9.59 Å². The lowest BCUT2D eigenvalue weighted by atomic mass is 10.1. The van der Waals surface area contributed by atoms with Crippen LogP contribution in [0.4, 0.5) is 4.79 Å². The Hall–Kier alpha value is -2.83. The Labute approximate surface area is 165 Å². The number of guanidine groups is 1. The summed E-state index contributed by atoms with van der Waals surface area (Å²) in [5, 5.41) is 0. The van der Waals surface area contributed by atoms with E-state index in [2.05, 4.69) is 25.7 Å². The number of fused-ring (bicyclic) bond motifs is 3. The van der Waals surface area contributed by atoms with Crippen LogP contribution in [0.15, 0.2) is 46.7 Å². The van der Waals surface area contributed by atoms with Gasteiger partial charge in [-0.25, -0.2) is 9.79 Å². The molecule has 28 heavy (non-hydrogen) atoms. The fourth-order valence-electron chi connectivity index (χ4n) is 4.18. The number of nitrogens with zero attached hydrogens (tertiary/aromatic N) is 5. The quantitative estimate of drug-likeness (QED) is 0.805. The zero-order valence-electron chi connectivity index (χ0n) is 17.1. The molecule has 0 saturated carbocycles. The number of urea groups is 1. The SMILES string of the molecule is CC1=C(C)N2C(=NC3C2C(=O)N(Cc2ccccc2)C(=O)N3C)N1CC(C)C. The van der Waals surface area contributed by atoms with E-state index in [1.54, 1.807) is 11.9 Å². The van der Waals surface area contributed by atoms with Crippen LogP contribution in [0, 0.1) is 5.92 Å². The van der Waals surface area contributed by atoms with Gasteiger partial charge in [0.2, 0.25) is 5.96 Å². The normalized spacial score (nSPS) is 24.4. The first-order chi connectivity index (χ1) is 13.3. The van der Waals surface area contributed by atoms with Gasteiger partial charge in [0.15, 0.2) is 12.2 Å². The Morgan fingerprint density at radius 2 is 1.71 bits per heavy atom. The van der Waals surface area contributed by atoms with Gasteiger partial charge in [-0.2, -0.15) is 0 Å². The maximum atomic E-state index is 13.4. The maximum absolute atomic E-state index is 13.4. The second kappa shape index (κ2) is 6.65. The van der Waals surface area contributed by atoms with E-state index in [0.717, 1.165) is 29.5 Å². The minimum absolute atomic E-state index is 0.186. The van der Waals surface area contributed by atoms with Crippen molar-refractivity contribution in [1.29, 1.82) is 0 Å². The molecule has 0 aliphatic carbocycles. The van der Waals surface area contributed by atoms with Crippen molar-refractivity contribution in [3.8, 4) is 0 Å². The fraction of sp³-hybridized carbons (Fsp3) is 0.476. The summed E-state index contributed by atoms with van der Waals surface area (Å²) < 4.78 is 0. The van der Waals surface area contributed by atoms with E-state index in [1.165, 1.54) is 4.90 Å². The van der Waals surface area contributed by atoms with Gasteiger partial charge < -0.3 is 9.80 Å². The number of carbonyl (C=O) groups is 2. The van der Waals surface area contributed by atoms with Crippen LogP contribution >= 0.6 is 0 Å². The average Bonchev–Trinajstić information content (AvgIpc) is 3.16. The van der Waals surface area contributed by atoms with E-state index in [1.807, 2.05) is 42.2 Å². The number of allylic oxidation sites excluding steroid dienone is 2. The van der Waals surface area contributed by atoms with Crippen molar-refractivity contribution in [2.45, 2.75) is 46.4 Å². The molecule has 3 aliphatic heterocycles. The van der Waals surface area contributed by atoms with Crippen molar-refractivity contribution in [3.05, 3.63) is 47.3 Å². The van der Waals surface area contributed by atoms with Gasteiger partial charge in [-0.3, -0.25) is 14.6 Å². The molecule has 1 fully saturated rings. The second-order valence-electron chi connectivity index (χ2n) is 8.14. The lowest BCUT2D eigenvalue weighted by Crippen LogP contribution is -2.64. The number of benzene rings is 1. The van der Waals surface area contributed by atoms with Crippen LogP contribution in [0.25, 0.3) is 0 Å². The van der Waals surface area contributed by atoms with Crippen molar-refractivity contribution in [2.24, 2.45) is 10.9 Å². The molecular weight excluding hydrogens is 354 g/mol. The van der Waals surface area contributed by atoms with Crippen molar-refractivity contribution < 1.29 is 9.59 Å². The van der Waals surface area contributed by atoms with E-state index in [4.69, 9.17) is 4.99 Å². The molecule has 3 heterocycles. The summed E-state index contributed by atoms with van der Waals surface area (Å²) in [5.41, 5.74) is 3.08. The number of hydrogen-bond acceptors (Lipinski definition) is 5. The number of carbonyl (C=O) groups excluding carboxylic acids is 2. The van der Waals surface area contributed by atoms with Crippen LogP contribution in [-0.2, 0) is 11.3 Å². The first-order valence-electron chi connectivity index (χ1n) is 9.75. The van der Waals surface area contributed by atoms with Gasteiger partial charge in [0.25, 0.3) is 5.91 Å². The van der Waals surface area contributed by atoms with Gasteiger partial charge in [0, 0.05) is 25.0 Å². The molecule has 0 aromatic heterocycles. The van der Waals surface area contributed by atoms with Crippen molar-refractivity contribution >= 4 is 17.9 Å². The first-order valence-corrected chi connectivity index (χ1v) is 9.75. The molecule has 1 saturated heterocycles. The summed E-state index contributed by atoms with van der Waals surface area (Å²) in [6, 6.07) is 8.81. The third kappa shape index (κ3) is 2.68. The van der Waals surface area contributed by atoms with Gasteiger partial charge in [-0.15, -0.1) is 0 Å². The molecule has 7 nitrogen and oxygen atoms in total. The van der Waals surface area contributed by atoms with Crippen molar-refractivity contribution in [2.75, 3.05) is 13.6 Å². The Balaban J connectivity index is 1.67. The predicted molar refractivity (Wildman–Crippen MR) is 107 cm³/mol. The van der Waals surface area contributed by atoms with Crippen LogP contribution in [-0.4, -0.2) is 63.3 Å². The predicted octanol–water partition coefficient (Wildman–Crippen LogP) is 2.67. The molecule has 2 unspecified atom stereocenters. The molecule has 0 bridgehead atoms. The standard InChI is InChI=1S/C21H27N5O2/c1-13(2)11-24-14(3)15(4)26-17-18(22-20(24)26)23(5)21(28)25(19(17)27)12-16-9-7-6-8-10-16/h6-10,13,17-18H,11-12H2,1-5H3. The molecule has 1 aromatic rings. The summed E-state index contributed by atoms with van der Waals surface area (Å²) in [7, 11) is 1.73. The molecule has 1 aromatic carbocycles. The highest BCUT2D eigenvalue weighted by molar-refractivity contribution is 6.05. The molecule has 0 spiro atoms. The zero-order chi connectivity index (χ0) is 20.2. The van der Waals surface area contributed by atoms with E-state index < -0.39 is 12.2 Å². The van der Waals surface area contributed by atoms with E-state index >= 15 is 0 Å². The monoisotopic (exact) mass is 381 g/mol. The number of aliphatic imine (C=N–C) groups is 1. The van der Waals surface area contributed by atoms with Crippen molar-refractivity contribution in [3.63, 3.8) is 0 Å². The Morgan fingerprint density at radius 3 is 2.36 bits per heavy atom. The van der Waals surface area contributed by atoms with Gasteiger partial charge in [0.1, 0.15) is 0 Å². The lowest BCUT2D eigenvalue weighted by molar-refractivity contribution is -0.137. The highest BCUT2D eigenvalue weighted by Gasteiger charge is 2.55. The molecule has 148 valence electrons. The van der Waals surface area contributed by atoms with Crippen LogP contribution in [0.1, 0.15) is 33.3 Å². The van der Waals surface area contributed by atoms with Crippen molar-refractivity contribution in [1.82, 2.24) is 19.6 Å². The van der Waals surface area contributed by atoms with Gasteiger partial charge in [-0.1, -0.05) is 44.2 Å².